The van der Waals surface area contributed by atoms with Crippen molar-refractivity contribution < 1.29 is 13.2 Å². The summed E-state index contributed by atoms with van der Waals surface area (Å²) >= 11 is 0. The summed E-state index contributed by atoms with van der Waals surface area (Å²) in [6, 6.07) is 0. The van der Waals surface area contributed by atoms with Crippen LogP contribution in [0.1, 0.15) is 39.5 Å². The second-order valence-electron chi connectivity index (χ2n) is 8.30. The number of ether oxygens (including phenoxy) is 1. The molecular weight excluding hydrogens is 338 g/mol. The molecule has 3 fully saturated rings. The van der Waals surface area contributed by atoms with E-state index in [1.165, 1.54) is 6.42 Å². The van der Waals surface area contributed by atoms with Gasteiger partial charge in [-0.1, -0.05) is 13.8 Å². The molecule has 0 aromatic heterocycles. The molecule has 0 saturated carbocycles. The SMILES string of the molecule is CC1CC(C)CN(C(=NCC2CCS(=O)(=O)C2)NCC2CCCO2)C1. The maximum Gasteiger partial charge on any atom is 0.194 e. The van der Waals surface area contributed by atoms with Crippen LogP contribution in [0.2, 0.25) is 0 Å². The molecule has 144 valence electrons. The van der Waals surface area contributed by atoms with Gasteiger partial charge in [-0.3, -0.25) is 4.99 Å². The predicted octanol–water partition coefficient (Wildman–Crippen LogP) is 1.52. The van der Waals surface area contributed by atoms with Gasteiger partial charge < -0.3 is 15.0 Å². The van der Waals surface area contributed by atoms with Crippen molar-refractivity contribution in [3.8, 4) is 0 Å². The largest absolute Gasteiger partial charge is 0.376 e. The average Bonchev–Trinajstić information content (AvgIpc) is 3.15. The first-order valence-electron chi connectivity index (χ1n) is 9.76. The lowest BCUT2D eigenvalue weighted by molar-refractivity contribution is 0.112. The van der Waals surface area contributed by atoms with Crippen LogP contribution < -0.4 is 5.32 Å². The number of rotatable bonds is 4. The molecule has 4 atom stereocenters. The number of hydrogen-bond acceptors (Lipinski definition) is 4. The number of nitrogens with one attached hydrogen (secondary N) is 1. The summed E-state index contributed by atoms with van der Waals surface area (Å²) in [5, 5.41) is 3.52. The van der Waals surface area contributed by atoms with Crippen LogP contribution in [0, 0.1) is 17.8 Å². The number of piperidine rings is 1. The molecule has 6 nitrogen and oxygen atoms in total. The van der Waals surface area contributed by atoms with E-state index in [0.717, 1.165) is 51.5 Å². The molecule has 3 aliphatic heterocycles. The van der Waals surface area contributed by atoms with E-state index in [1.54, 1.807) is 0 Å². The van der Waals surface area contributed by atoms with E-state index in [9.17, 15) is 8.42 Å². The highest BCUT2D eigenvalue weighted by molar-refractivity contribution is 7.91. The number of sulfone groups is 1. The minimum absolute atomic E-state index is 0.171. The van der Waals surface area contributed by atoms with Crippen molar-refractivity contribution in [2.75, 3.05) is 44.3 Å². The zero-order valence-corrected chi connectivity index (χ0v) is 16.4. The van der Waals surface area contributed by atoms with Crippen LogP contribution in [0.5, 0.6) is 0 Å². The van der Waals surface area contributed by atoms with Gasteiger partial charge >= 0.3 is 0 Å². The molecule has 0 aliphatic carbocycles. The van der Waals surface area contributed by atoms with Crippen LogP contribution in [0.3, 0.4) is 0 Å². The van der Waals surface area contributed by atoms with Crippen LogP contribution in [0.4, 0.5) is 0 Å². The Bertz CT molecular complexity index is 562. The number of aliphatic imine (C=N–C) groups is 1. The van der Waals surface area contributed by atoms with Crippen LogP contribution >= 0.6 is 0 Å². The summed E-state index contributed by atoms with van der Waals surface area (Å²) in [6.07, 6.45) is 4.52. The molecule has 4 unspecified atom stereocenters. The second-order valence-corrected chi connectivity index (χ2v) is 10.5. The highest BCUT2D eigenvalue weighted by atomic mass is 32.2. The third-order valence-electron chi connectivity index (χ3n) is 5.51. The lowest BCUT2D eigenvalue weighted by atomic mass is 9.92. The van der Waals surface area contributed by atoms with Gasteiger partial charge in [-0.25, -0.2) is 8.42 Å². The van der Waals surface area contributed by atoms with Gasteiger partial charge in [-0.2, -0.15) is 0 Å². The average molecular weight is 372 g/mol. The molecule has 7 heteroatoms. The third-order valence-corrected chi connectivity index (χ3v) is 7.34. The van der Waals surface area contributed by atoms with E-state index in [2.05, 4.69) is 24.1 Å². The fraction of sp³-hybridized carbons (Fsp3) is 0.944. The Hall–Kier alpha value is -0.820. The molecule has 3 heterocycles. The van der Waals surface area contributed by atoms with Crippen molar-refractivity contribution in [1.82, 2.24) is 10.2 Å². The van der Waals surface area contributed by atoms with E-state index in [0.29, 0.717) is 29.9 Å². The third kappa shape index (κ3) is 5.58. The molecule has 0 spiro atoms. The summed E-state index contributed by atoms with van der Waals surface area (Å²) in [6.45, 7) is 8.88. The van der Waals surface area contributed by atoms with Crippen LogP contribution in [-0.4, -0.2) is 69.7 Å². The molecule has 3 rings (SSSR count). The van der Waals surface area contributed by atoms with Gasteiger partial charge in [0.05, 0.1) is 17.6 Å². The predicted molar refractivity (Wildman–Crippen MR) is 101 cm³/mol. The first-order chi connectivity index (χ1) is 11.9. The van der Waals surface area contributed by atoms with Gasteiger partial charge in [0.2, 0.25) is 0 Å². The zero-order valence-electron chi connectivity index (χ0n) is 15.6. The molecule has 0 aromatic rings. The van der Waals surface area contributed by atoms with Crippen molar-refractivity contribution in [3.63, 3.8) is 0 Å². The standard InChI is InChI=1S/C18H33N3O3S/c1-14-8-15(2)12-21(11-14)18(20-10-17-4-3-6-24-17)19-9-16-5-7-25(22,23)13-16/h14-17H,3-13H2,1-2H3,(H,19,20). The molecular formula is C18H33N3O3S. The molecule has 0 radical (unpaired) electrons. The van der Waals surface area contributed by atoms with Gasteiger partial charge in [0.25, 0.3) is 0 Å². The highest BCUT2D eigenvalue weighted by Gasteiger charge is 2.29. The fourth-order valence-electron chi connectivity index (χ4n) is 4.35. The normalized spacial score (nSPS) is 35.9. The van der Waals surface area contributed by atoms with Crippen LogP contribution in [0.15, 0.2) is 4.99 Å². The molecule has 3 saturated heterocycles. The first kappa shape index (κ1) is 19.0. The van der Waals surface area contributed by atoms with Crippen molar-refractivity contribution >= 4 is 15.8 Å². The summed E-state index contributed by atoms with van der Waals surface area (Å²) < 4.78 is 29.1. The Morgan fingerprint density at radius 3 is 2.60 bits per heavy atom. The molecule has 0 bridgehead atoms. The Labute approximate surface area is 152 Å². The molecule has 25 heavy (non-hydrogen) atoms. The molecule has 0 amide bonds. The topological polar surface area (TPSA) is 71.0 Å². The molecule has 1 N–H and O–H groups in total. The smallest absolute Gasteiger partial charge is 0.194 e. The van der Waals surface area contributed by atoms with Gasteiger partial charge in [-0.15, -0.1) is 0 Å². The highest BCUT2D eigenvalue weighted by Crippen LogP contribution is 2.22. The maximum atomic E-state index is 11.7. The van der Waals surface area contributed by atoms with E-state index < -0.39 is 9.84 Å². The van der Waals surface area contributed by atoms with E-state index in [4.69, 9.17) is 9.73 Å². The van der Waals surface area contributed by atoms with Gasteiger partial charge in [0, 0.05) is 32.8 Å². The van der Waals surface area contributed by atoms with Crippen molar-refractivity contribution in [1.29, 1.82) is 0 Å². The summed E-state index contributed by atoms with van der Waals surface area (Å²) in [4.78, 5) is 7.19. The summed E-state index contributed by atoms with van der Waals surface area (Å²) in [5.74, 6) is 3.05. The Kier molecular flexibility index (Phi) is 6.25. The first-order valence-corrected chi connectivity index (χ1v) is 11.6. The lowest BCUT2D eigenvalue weighted by Gasteiger charge is -2.37. The van der Waals surface area contributed by atoms with Crippen molar-refractivity contribution in [2.24, 2.45) is 22.7 Å². The second kappa shape index (κ2) is 8.25. The number of nitrogens with zero attached hydrogens (tertiary/aromatic N) is 2. The Morgan fingerprint density at radius 2 is 2.00 bits per heavy atom. The molecule has 0 aromatic carbocycles. The van der Waals surface area contributed by atoms with Crippen molar-refractivity contribution in [3.05, 3.63) is 0 Å². The van der Waals surface area contributed by atoms with Crippen molar-refractivity contribution in [2.45, 2.75) is 45.6 Å². The van der Waals surface area contributed by atoms with Crippen LogP contribution in [0.25, 0.3) is 0 Å². The summed E-state index contributed by atoms with van der Waals surface area (Å²) in [5.41, 5.74) is 0. The zero-order chi connectivity index (χ0) is 17.9. The fourth-order valence-corrected chi connectivity index (χ4v) is 6.20. The quantitative estimate of drug-likeness (QED) is 0.599. The monoisotopic (exact) mass is 371 g/mol. The van der Waals surface area contributed by atoms with Crippen LogP contribution in [-0.2, 0) is 14.6 Å². The molecule has 3 aliphatic rings. The number of likely N-dealkylation sites (tertiary alicyclic amines) is 1. The minimum Gasteiger partial charge on any atom is -0.376 e. The number of hydrogen-bond donors (Lipinski definition) is 1. The summed E-state index contributed by atoms with van der Waals surface area (Å²) in [7, 11) is -2.83. The van der Waals surface area contributed by atoms with Gasteiger partial charge in [0.15, 0.2) is 15.8 Å². The lowest BCUT2D eigenvalue weighted by Crippen LogP contribution is -2.50. The van der Waals surface area contributed by atoms with E-state index in [-0.39, 0.29) is 12.0 Å². The van der Waals surface area contributed by atoms with Gasteiger partial charge in [0.1, 0.15) is 0 Å². The number of guanidine groups is 1. The Balaban J connectivity index is 1.63. The van der Waals surface area contributed by atoms with E-state index in [1.807, 2.05) is 0 Å². The Morgan fingerprint density at radius 1 is 1.24 bits per heavy atom. The maximum absolute atomic E-state index is 11.7. The van der Waals surface area contributed by atoms with E-state index >= 15 is 0 Å². The minimum atomic E-state index is -2.83. The van der Waals surface area contributed by atoms with Gasteiger partial charge in [-0.05, 0) is 43.4 Å².